The van der Waals surface area contributed by atoms with Crippen LogP contribution in [0.15, 0.2) is 17.0 Å². The van der Waals surface area contributed by atoms with Crippen molar-refractivity contribution in [2.45, 2.75) is 17.9 Å². The number of hydrogen-bond donors (Lipinski definition) is 1. The van der Waals surface area contributed by atoms with Crippen molar-refractivity contribution >= 4 is 27.3 Å². The zero-order valence-corrected chi connectivity index (χ0v) is 12.5. The highest BCUT2D eigenvalue weighted by Crippen LogP contribution is 2.31. The predicted octanol–water partition coefficient (Wildman–Crippen LogP) is 1.15. The van der Waals surface area contributed by atoms with Crippen LogP contribution in [0.5, 0.6) is 0 Å². The Morgan fingerprint density at radius 3 is 2.50 bits per heavy atom. The van der Waals surface area contributed by atoms with Crippen LogP contribution in [0.1, 0.15) is 5.56 Å². The monoisotopic (exact) mass is 319 g/mol. The van der Waals surface area contributed by atoms with Gasteiger partial charge in [0.05, 0.1) is 14.8 Å². The molecule has 9 heteroatoms. The van der Waals surface area contributed by atoms with E-state index >= 15 is 0 Å². The Balaban J connectivity index is 2.49. The Bertz CT molecular complexity index is 658. The van der Waals surface area contributed by atoms with Gasteiger partial charge in [-0.25, -0.2) is 8.42 Å². The van der Waals surface area contributed by atoms with Gasteiger partial charge >= 0.3 is 0 Å². The first-order valence-electron chi connectivity index (χ1n) is 5.88. The first-order valence-corrected chi connectivity index (χ1v) is 7.70. The van der Waals surface area contributed by atoms with Crippen molar-refractivity contribution in [3.8, 4) is 0 Å². The molecule has 0 radical (unpaired) electrons. The van der Waals surface area contributed by atoms with Gasteiger partial charge in [-0.2, -0.15) is 4.31 Å². The number of nitro groups is 1. The van der Waals surface area contributed by atoms with E-state index in [0.29, 0.717) is 13.1 Å². The molecule has 7 nitrogen and oxygen atoms in total. The molecule has 1 N–H and O–H groups in total. The van der Waals surface area contributed by atoms with Gasteiger partial charge in [-0.15, -0.1) is 0 Å². The Hall–Kier alpha value is -1.22. The molecule has 0 aliphatic carbocycles. The summed E-state index contributed by atoms with van der Waals surface area (Å²) in [6, 6.07) is 2.17. The number of sulfonamides is 1. The van der Waals surface area contributed by atoms with Gasteiger partial charge in [-0.3, -0.25) is 10.1 Å². The molecule has 0 saturated carbocycles. The second-order valence-corrected chi connectivity index (χ2v) is 7.04. The molecule has 1 heterocycles. The first-order chi connectivity index (χ1) is 9.25. The second-order valence-electron chi connectivity index (χ2n) is 4.64. The van der Waals surface area contributed by atoms with Crippen LogP contribution < -0.4 is 5.32 Å². The van der Waals surface area contributed by atoms with Crippen LogP contribution in [0.3, 0.4) is 0 Å². The smallest absolute Gasteiger partial charge is 0.275 e. The Morgan fingerprint density at radius 2 is 2.05 bits per heavy atom. The quantitative estimate of drug-likeness (QED) is 0.664. The van der Waals surface area contributed by atoms with E-state index in [0.717, 1.165) is 6.07 Å². The molecule has 2 rings (SSSR count). The van der Waals surface area contributed by atoms with Crippen LogP contribution in [0.4, 0.5) is 5.69 Å². The van der Waals surface area contributed by atoms with Crippen LogP contribution in [-0.2, 0) is 10.0 Å². The fourth-order valence-corrected chi connectivity index (χ4v) is 3.55. The third kappa shape index (κ3) is 2.51. The predicted molar refractivity (Wildman–Crippen MR) is 74.4 cm³/mol. The number of benzene rings is 1. The van der Waals surface area contributed by atoms with Crippen LogP contribution in [0.25, 0.3) is 0 Å². The number of rotatable bonds is 4. The van der Waals surface area contributed by atoms with Crippen molar-refractivity contribution in [3.63, 3.8) is 0 Å². The maximum atomic E-state index is 12.4. The van der Waals surface area contributed by atoms with E-state index in [1.54, 1.807) is 0 Å². The molecular formula is C11H14ClN3O4S. The lowest BCUT2D eigenvalue weighted by atomic mass is 10.2. The third-order valence-electron chi connectivity index (χ3n) is 3.44. The molecule has 0 spiro atoms. The minimum absolute atomic E-state index is 0.0675. The Morgan fingerprint density at radius 1 is 1.45 bits per heavy atom. The van der Waals surface area contributed by atoms with Gasteiger partial charge < -0.3 is 5.32 Å². The standard InChI is InChI=1S/C11H14ClN3O4S/c1-7-10(12)3-9(4-11(7)15(16)17)20(18,19)14(2)8-5-13-6-8/h3-4,8,13H,5-6H2,1-2H3. The van der Waals surface area contributed by atoms with E-state index < -0.39 is 14.9 Å². The second kappa shape index (κ2) is 5.28. The summed E-state index contributed by atoms with van der Waals surface area (Å²) in [6.45, 7) is 2.62. The highest BCUT2D eigenvalue weighted by molar-refractivity contribution is 7.89. The summed E-state index contributed by atoms with van der Waals surface area (Å²) in [5.41, 5.74) is -0.0419. The van der Waals surface area contributed by atoms with Crippen molar-refractivity contribution in [2.24, 2.45) is 0 Å². The van der Waals surface area contributed by atoms with Gasteiger partial charge in [0.2, 0.25) is 10.0 Å². The normalized spacial score (nSPS) is 16.2. The Kier molecular flexibility index (Phi) is 4.01. The van der Waals surface area contributed by atoms with Crippen LogP contribution in [-0.4, -0.2) is 43.8 Å². The van der Waals surface area contributed by atoms with Crippen molar-refractivity contribution in [2.75, 3.05) is 20.1 Å². The zero-order chi connectivity index (χ0) is 15.1. The highest BCUT2D eigenvalue weighted by Gasteiger charge is 2.33. The number of nitro benzene ring substituents is 1. The molecule has 0 bridgehead atoms. The molecule has 1 aromatic carbocycles. The van der Waals surface area contributed by atoms with Gasteiger partial charge in [0.1, 0.15) is 0 Å². The molecule has 0 unspecified atom stereocenters. The molecule has 1 fully saturated rings. The number of nitrogens with one attached hydrogen (secondary N) is 1. The van der Waals surface area contributed by atoms with Gasteiger partial charge in [0.15, 0.2) is 0 Å². The summed E-state index contributed by atoms with van der Waals surface area (Å²) in [6.07, 6.45) is 0. The first kappa shape index (κ1) is 15.2. The largest absolute Gasteiger partial charge is 0.313 e. The van der Waals surface area contributed by atoms with Crippen molar-refractivity contribution in [1.29, 1.82) is 0 Å². The van der Waals surface area contributed by atoms with Crippen molar-refractivity contribution in [1.82, 2.24) is 9.62 Å². The molecule has 0 aromatic heterocycles. The number of nitrogens with zero attached hydrogens (tertiary/aromatic N) is 2. The fourth-order valence-electron chi connectivity index (χ4n) is 1.87. The summed E-state index contributed by atoms with van der Waals surface area (Å²) >= 11 is 5.90. The summed E-state index contributed by atoms with van der Waals surface area (Å²) in [5.74, 6) is 0. The lowest BCUT2D eigenvalue weighted by molar-refractivity contribution is -0.385. The van der Waals surface area contributed by atoms with Gasteiger partial charge in [0.25, 0.3) is 5.69 Å². The number of halogens is 1. The summed E-state index contributed by atoms with van der Waals surface area (Å²) in [4.78, 5) is 10.2. The van der Waals surface area contributed by atoms with E-state index in [2.05, 4.69) is 5.32 Å². The van der Waals surface area contributed by atoms with E-state index in [-0.39, 0.29) is 27.2 Å². The summed E-state index contributed by atoms with van der Waals surface area (Å²) in [7, 11) is -2.33. The molecule has 1 aliphatic heterocycles. The van der Waals surface area contributed by atoms with E-state index in [1.807, 2.05) is 0 Å². The summed E-state index contributed by atoms with van der Waals surface area (Å²) in [5, 5.41) is 14.0. The topological polar surface area (TPSA) is 92.6 Å². The SMILES string of the molecule is Cc1c(Cl)cc(S(=O)(=O)N(C)C2CNC2)cc1[N+](=O)[O-]. The molecule has 110 valence electrons. The average Bonchev–Trinajstić information content (AvgIpc) is 2.29. The van der Waals surface area contributed by atoms with Crippen LogP contribution in [0, 0.1) is 17.0 Å². The van der Waals surface area contributed by atoms with Gasteiger partial charge in [-0.1, -0.05) is 11.6 Å². The molecule has 1 aromatic rings. The fraction of sp³-hybridized carbons (Fsp3) is 0.455. The minimum atomic E-state index is -3.79. The zero-order valence-electron chi connectivity index (χ0n) is 11.0. The average molecular weight is 320 g/mol. The molecule has 20 heavy (non-hydrogen) atoms. The van der Waals surface area contributed by atoms with Crippen LogP contribution >= 0.6 is 11.6 Å². The third-order valence-corrected chi connectivity index (χ3v) is 5.72. The molecular weight excluding hydrogens is 306 g/mol. The number of hydrogen-bond acceptors (Lipinski definition) is 5. The summed E-state index contributed by atoms with van der Waals surface area (Å²) < 4.78 is 26.1. The van der Waals surface area contributed by atoms with Gasteiger partial charge in [-0.05, 0) is 13.0 Å². The van der Waals surface area contributed by atoms with E-state index in [1.165, 1.54) is 24.3 Å². The van der Waals surface area contributed by atoms with Crippen molar-refractivity contribution in [3.05, 3.63) is 32.8 Å². The maximum Gasteiger partial charge on any atom is 0.275 e. The lowest BCUT2D eigenvalue weighted by Crippen LogP contribution is -2.57. The Labute approximate surface area is 121 Å². The lowest BCUT2D eigenvalue weighted by Gasteiger charge is -2.34. The molecule has 0 atom stereocenters. The van der Waals surface area contributed by atoms with Gasteiger partial charge in [0, 0.05) is 37.8 Å². The van der Waals surface area contributed by atoms with E-state index in [9.17, 15) is 18.5 Å². The molecule has 0 amide bonds. The minimum Gasteiger partial charge on any atom is -0.313 e. The number of likely N-dealkylation sites (N-methyl/N-ethyl adjacent to an activating group) is 1. The van der Waals surface area contributed by atoms with Crippen molar-refractivity contribution < 1.29 is 13.3 Å². The van der Waals surface area contributed by atoms with Crippen LogP contribution in [0.2, 0.25) is 5.02 Å². The highest BCUT2D eigenvalue weighted by atomic mass is 35.5. The molecule has 1 saturated heterocycles. The molecule has 1 aliphatic rings. The maximum absolute atomic E-state index is 12.4. The van der Waals surface area contributed by atoms with E-state index in [4.69, 9.17) is 11.6 Å².